The van der Waals surface area contributed by atoms with Gasteiger partial charge in [0.15, 0.2) is 0 Å². The van der Waals surface area contributed by atoms with E-state index in [1.165, 1.54) is 25.7 Å². The van der Waals surface area contributed by atoms with E-state index in [2.05, 4.69) is 0 Å². The van der Waals surface area contributed by atoms with E-state index in [1.807, 2.05) is 37.3 Å². The van der Waals surface area contributed by atoms with E-state index >= 15 is 0 Å². The van der Waals surface area contributed by atoms with Crippen molar-refractivity contribution in [2.24, 2.45) is 5.92 Å². The van der Waals surface area contributed by atoms with Gasteiger partial charge in [-0.3, -0.25) is 4.79 Å². The quantitative estimate of drug-likeness (QED) is 0.736. The summed E-state index contributed by atoms with van der Waals surface area (Å²) in [6.07, 6.45) is 5.38. The van der Waals surface area contributed by atoms with Crippen molar-refractivity contribution in [1.82, 2.24) is 0 Å². The smallest absolute Gasteiger partial charge is 0.306 e. The maximum absolute atomic E-state index is 11.8. The van der Waals surface area contributed by atoms with Gasteiger partial charge >= 0.3 is 5.97 Å². The highest BCUT2D eigenvalue weighted by molar-refractivity contribution is 5.70. The molecule has 1 atom stereocenters. The van der Waals surface area contributed by atoms with Gasteiger partial charge in [0, 0.05) is 6.42 Å². The molecular formula is C15H20O2. The van der Waals surface area contributed by atoms with Crippen LogP contribution in [-0.2, 0) is 9.53 Å². The topological polar surface area (TPSA) is 26.3 Å². The van der Waals surface area contributed by atoms with Crippen molar-refractivity contribution in [3.63, 3.8) is 0 Å². The predicted molar refractivity (Wildman–Crippen MR) is 67.5 cm³/mol. The normalized spacial score (nSPS) is 17.9. The fourth-order valence-electron chi connectivity index (χ4n) is 2.49. The van der Waals surface area contributed by atoms with Gasteiger partial charge in [0.25, 0.3) is 0 Å². The van der Waals surface area contributed by atoms with Gasteiger partial charge in [-0.05, 0) is 31.2 Å². The van der Waals surface area contributed by atoms with Gasteiger partial charge in [0.2, 0.25) is 0 Å². The summed E-state index contributed by atoms with van der Waals surface area (Å²) < 4.78 is 5.46. The van der Waals surface area contributed by atoms with Crippen LogP contribution in [0.2, 0.25) is 0 Å². The minimum Gasteiger partial charge on any atom is -0.458 e. The second kappa shape index (κ2) is 5.85. The van der Waals surface area contributed by atoms with E-state index < -0.39 is 0 Å². The zero-order valence-corrected chi connectivity index (χ0v) is 10.4. The Morgan fingerprint density at radius 3 is 2.59 bits per heavy atom. The third-order valence-electron chi connectivity index (χ3n) is 3.51. The van der Waals surface area contributed by atoms with E-state index in [0.717, 1.165) is 5.56 Å². The zero-order valence-electron chi connectivity index (χ0n) is 10.4. The van der Waals surface area contributed by atoms with Crippen LogP contribution in [0.3, 0.4) is 0 Å². The number of ether oxygens (including phenoxy) is 1. The molecule has 0 heterocycles. The fraction of sp³-hybridized carbons (Fsp3) is 0.533. The largest absolute Gasteiger partial charge is 0.458 e. The summed E-state index contributed by atoms with van der Waals surface area (Å²) in [7, 11) is 0. The van der Waals surface area contributed by atoms with Crippen LogP contribution >= 0.6 is 0 Å². The molecule has 0 aromatic heterocycles. The minimum absolute atomic E-state index is 0.0479. The van der Waals surface area contributed by atoms with E-state index in [-0.39, 0.29) is 12.1 Å². The van der Waals surface area contributed by atoms with Gasteiger partial charge in [-0.15, -0.1) is 0 Å². The SMILES string of the molecule is CC(OC(=O)CC1CCCC1)c1ccccc1. The first-order valence-electron chi connectivity index (χ1n) is 6.50. The third kappa shape index (κ3) is 3.58. The Balaban J connectivity index is 1.81. The van der Waals surface area contributed by atoms with E-state index in [4.69, 9.17) is 4.74 Å². The molecule has 1 aromatic rings. The Kier molecular flexibility index (Phi) is 4.18. The van der Waals surface area contributed by atoms with Crippen LogP contribution in [-0.4, -0.2) is 5.97 Å². The molecule has 0 N–H and O–H groups in total. The van der Waals surface area contributed by atoms with Crippen LogP contribution in [0.4, 0.5) is 0 Å². The van der Waals surface area contributed by atoms with E-state index in [9.17, 15) is 4.79 Å². The predicted octanol–water partition coefficient (Wildman–Crippen LogP) is 3.87. The molecule has 1 aliphatic carbocycles. The number of benzene rings is 1. The molecule has 0 spiro atoms. The Morgan fingerprint density at radius 2 is 1.94 bits per heavy atom. The molecule has 17 heavy (non-hydrogen) atoms. The van der Waals surface area contributed by atoms with Gasteiger partial charge in [-0.25, -0.2) is 0 Å². The fourth-order valence-corrected chi connectivity index (χ4v) is 2.49. The molecule has 2 nitrogen and oxygen atoms in total. The number of esters is 1. The second-order valence-electron chi connectivity index (χ2n) is 4.90. The highest BCUT2D eigenvalue weighted by Crippen LogP contribution is 2.28. The van der Waals surface area contributed by atoms with Crippen molar-refractivity contribution in [1.29, 1.82) is 0 Å². The third-order valence-corrected chi connectivity index (χ3v) is 3.51. The van der Waals surface area contributed by atoms with E-state index in [0.29, 0.717) is 12.3 Å². The molecule has 1 aliphatic rings. The molecule has 1 saturated carbocycles. The molecule has 0 radical (unpaired) electrons. The number of carbonyl (C=O) groups is 1. The zero-order chi connectivity index (χ0) is 12.1. The first-order chi connectivity index (χ1) is 8.25. The molecular weight excluding hydrogens is 212 g/mol. The van der Waals surface area contributed by atoms with Crippen molar-refractivity contribution in [2.75, 3.05) is 0 Å². The average Bonchev–Trinajstić information content (AvgIpc) is 2.82. The molecule has 1 aromatic carbocycles. The van der Waals surface area contributed by atoms with Crippen LogP contribution < -0.4 is 0 Å². The van der Waals surface area contributed by atoms with Crippen molar-refractivity contribution in [2.45, 2.75) is 45.1 Å². The molecule has 1 fully saturated rings. The van der Waals surface area contributed by atoms with Crippen molar-refractivity contribution >= 4 is 5.97 Å². The van der Waals surface area contributed by atoms with E-state index in [1.54, 1.807) is 0 Å². The second-order valence-corrected chi connectivity index (χ2v) is 4.90. The summed E-state index contributed by atoms with van der Waals surface area (Å²) in [5, 5.41) is 0. The van der Waals surface area contributed by atoms with Crippen molar-refractivity contribution < 1.29 is 9.53 Å². The van der Waals surface area contributed by atoms with Crippen LogP contribution in [0.5, 0.6) is 0 Å². The monoisotopic (exact) mass is 232 g/mol. The highest BCUT2D eigenvalue weighted by atomic mass is 16.5. The average molecular weight is 232 g/mol. The highest BCUT2D eigenvalue weighted by Gasteiger charge is 2.20. The lowest BCUT2D eigenvalue weighted by atomic mass is 10.0. The Labute approximate surface area is 103 Å². The molecule has 0 saturated heterocycles. The summed E-state index contributed by atoms with van der Waals surface area (Å²) in [5.41, 5.74) is 1.06. The molecule has 0 bridgehead atoms. The van der Waals surface area contributed by atoms with Gasteiger partial charge in [-0.1, -0.05) is 43.2 Å². The summed E-state index contributed by atoms with van der Waals surface area (Å²) in [5.74, 6) is 0.513. The van der Waals surface area contributed by atoms with Crippen LogP contribution in [0.15, 0.2) is 30.3 Å². The van der Waals surface area contributed by atoms with Gasteiger partial charge < -0.3 is 4.74 Å². The van der Waals surface area contributed by atoms with Crippen LogP contribution in [0.25, 0.3) is 0 Å². The van der Waals surface area contributed by atoms with Gasteiger partial charge in [-0.2, -0.15) is 0 Å². The molecule has 0 aliphatic heterocycles. The lowest BCUT2D eigenvalue weighted by molar-refractivity contribution is -0.149. The lowest BCUT2D eigenvalue weighted by Gasteiger charge is -2.15. The maximum atomic E-state index is 11.8. The Hall–Kier alpha value is -1.31. The Morgan fingerprint density at radius 1 is 1.29 bits per heavy atom. The van der Waals surface area contributed by atoms with Gasteiger partial charge in [0.1, 0.15) is 6.10 Å². The van der Waals surface area contributed by atoms with Crippen LogP contribution in [0, 0.1) is 5.92 Å². The van der Waals surface area contributed by atoms with Crippen molar-refractivity contribution in [3.8, 4) is 0 Å². The molecule has 2 heteroatoms. The molecule has 0 amide bonds. The Bertz CT molecular complexity index is 352. The number of hydrogen-bond donors (Lipinski definition) is 0. The molecule has 1 unspecified atom stereocenters. The number of hydrogen-bond acceptors (Lipinski definition) is 2. The van der Waals surface area contributed by atoms with Crippen molar-refractivity contribution in [3.05, 3.63) is 35.9 Å². The lowest BCUT2D eigenvalue weighted by Crippen LogP contribution is -2.12. The first kappa shape index (κ1) is 12.2. The summed E-state index contributed by atoms with van der Waals surface area (Å²) in [4.78, 5) is 11.8. The first-order valence-corrected chi connectivity index (χ1v) is 6.50. The number of carbonyl (C=O) groups excluding carboxylic acids is 1. The van der Waals surface area contributed by atoms with Crippen LogP contribution in [0.1, 0.15) is 50.7 Å². The molecule has 2 rings (SSSR count). The summed E-state index contributed by atoms with van der Waals surface area (Å²) in [6, 6.07) is 9.89. The number of rotatable bonds is 4. The maximum Gasteiger partial charge on any atom is 0.306 e. The minimum atomic E-state index is -0.134. The standard InChI is InChI=1S/C15H20O2/c1-12(14-9-3-2-4-10-14)17-15(16)11-13-7-5-6-8-13/h2-4,9-10,12-13H,5-8,11H2,1H3. The van der Waals surface area contributed by atoms with Gasteiger partial charge in [0.05, 0.1) is 0 Å². The summed E-state index contributed by atoms with van der Waals surface area (Å²) >= 11 is 0. The summed E-state index contributed by atoms with van der Waals surface area (Å²) in [6.45, 7) is 1.93. The molecule has 92 valence electrons.